The quantitative estimate of drug-likeness (QED) is 0.729. The monoisotopic (exact) mass is 264 g/mol. The molecule has 5 nitrogen and oxygen atoms in total. The Kier molecular flexibility index (Phi) is 3.30. The lowest BCUT2D eigenvalue weighted by atomic mass is 10.1. The minimum Gasteiger partial charge on any atom is -0.507 e. The van der Waals surface area contributed by atoms with Gasteiger partial charge < -0.3 is 15.2 Å². The first-order chi connectivity index (χ1) is 8.78. The second kappa shape index (κ2) is 4.64. The molecule has 0 bridgehead atoms. The van der Waals surface area contributed by atoms with Gasteiger partial charge in [0.15, 0.2) is 0 Å². The van der Waals surface area contributed by atoms with Crippen molar-refractivity contribution in [2.45, 2.75) is 39.7 Å². The zero-order chi connectivity index (χ0) is 14.2. The summed E-state index contributed by atoms with van der Waals surface area (Å²) in [6.07, 6.45) is 0.280. The van der Waals surface area contributed by atoms with E-state index in [9.17, 15) is 9.90 Å². The first kappa shape index (κ1) is 13.5. The number of phenols is 1. The predicted molar refractivity (Wildman–Crippen MR) is 74.9 cm³/mol. The number of ether oxygens (including phenoxy) is 1. The molecule has 3 N–H and O–H groups in total. The van der Waals surface area contributed by atoms with Crippen molar-refractivity contribution in [3.63, 3.8) is 0 Å². The summed E-state index contributed by atoms with van der Waals surface area (Å²) in [5.41, 5.74) is 2.46. The molecular weight excluding hydrogens is 244 g/mol. The van der Waals surface area contributed by atoms with Gasteiger partial charge in [-0.3, -0.25) is 5.32 Å². The molecule has 104 valence electrons. The van der Waals surface area contributed by atoms with Gasteiger partial charge in [-0.2, -0.15) is 0 Å². The molecule has 0 spiro atoms. The van der Waals surface area contributed by atoms with Crippen molar-refractivity contribution in [3.05, 3.63) is 17.2 Å². The lowest BCUT2D eigenvalue weighted by molar-refractivity contribution is 0.0636. The highest BCUT2D eigenvalue weighted by Crippen LogP contribution is 2.38. The number of benzene rings is 1. The molecule has 1 aliphatic heterocycles. The average molecular weight is 264 g/mol. The Morgan fingerprint density at radius 3 is 2.79 bits per heavy atom. The van der Waals surface area contributed by atoms with Crippen LogP contribution in [-0.4, -0.2) is 23.3 Å². The third-order valence-electron chi connectivity index (χ3n) is 2.98. The number of anilines is 2. The summed E-state index contributed by atoms with van der Waals surface area (Å²) in [4.78, 5) is 11.8. The zero-order valence-corrected chi connectivity index (χ0v) is 11.8. The molecule has 1 aliphatic rings. The van der Waals surface area contributed by atoms with Gasteiger partial charge in [0.05, 0.1) is 5.69 Å². The Hall–Kier alpha value is -1.91. The van der Waals surface area contributed by atoms with E-state index in [1.807, 2.05) is 6.07 Å². The van der Waals surface area contributed by atoms with Crippen LogP contribution in [0.15, 0.2) is 6.07 Å². The average Bonchev–Trinajstić information content (AvgIpc) is 2.71. The van der Waals surface area contributed by atoms with Crippen LogP contribution in [0.25, 0.3) is 0 Å². The van der Waals surface area contributed by atoms with Crippen LogP contribution in [0.2, 0.25) is 0 Å². The van der Waals surface area contributed by atoms with E-state index in [0.717, 1.165) is 24.2 Å². The van der Waals surface area contributed by atoms with Gasteiger partial charge in [0.25, 0.3) is 0 Å². The molecule has 0 atom stereocenters. The van der Waals surface area contributed by atoms with Gasteiger partial charge in [0.2, 0.25) is 0 Å². The van der Waals surface area contributed by atoms with Crippen LogP contribution in [0.4, 0.5) is 16.2 Å². The standard InChI is InChI=1S/C14H20N2O3/c1-8-10(16-13(18)19-14(2,3)4)7-11-9(12(8)17)5-6-15-11/h7,15,17H,5-6H2,1-4H3,(H,16,18). The van der Waals surface area contributed by atoms with Crippen LogP contribution in [0.3, 0.4) is 0 Å². The number of aromatic hydroxyl groups is 1. The van der Waals surface area contributed by atoms with Gasteiger partial charge in [0.1, 0.15) is 11.4 Å². The third kappa shape index (κ3) is 2.92. The number of phenolic OH excluding ortho intramolecular Hbond substituents is 1. The number of hydrogen-bond acceptors (Lipinski definition) is 4. The molecular formula is C14H20N2O3. The van der Waals surface area contributed by atoms with E-state index in [1.54, 1.807) is 27.7 Å². The number of amides is 1. The van der Waals surface area contributed by atoms with Crippen LogP contribution in [-0.2, 0) is 11.2 Å². The molecule has 0 saturated heterocycles. The fraction of sp³-hybridized carbons (Fsp3) is 0.500. The molecule has 1 amide bonds. The van der Waals surface area contributed by atoms with Crippen molar-refractivity contribution in [2.75, 3.05) is 17.2 Å². The van der Waals surface area contributed by atoms with Crippen molar-refractivity contribution < 1.29 is 14.6 Å². The maximum atomic E-state index is 11.8. The zero-order valence-electron chi connectivity index (χ0n) is 11.8. The summed E-state index contributed by atoms with van der Waals surface area (Å²) in [5, 5.41) is 16.0. The van der Waals surface area contributed by atoms with Gasteiger partial charge in [0, 0.05) is 23.4 Å². The fourth-order valence-electron chi connectivity index (χ4n) is 2.10. The number of hydrogen-bond donors (Lipinski definition) is 3. The van der Waals surface area contributed by atoms with Gasteiger partial charge in [-0.1, -0.05) is 0 Å². The Morgan fingerprint density at radius 1 is 1.47 bits per heavy atom. The van der Waals surface area contributed by atoms with E-state index in [2.05, 4.69) is 10.6 Å². The summed E-state index contributed by atoms with van der Waals surface area (Å²) in [7, 11) is 0. The molecule has 1 aromatic rings. The van der Waals surface area contributed by atoms with Crippen molar-refractivity contribution in [3.8, 4) is 5.75 Å². The fourth-order valence-corrected chi connectivity index (χ4v) is 2.10. The Balaban J connectivity index is 2.22. The molecule has 0 radical (unpaired) electrons. The van der Waals surface area contributed by atoms with Crippen molar-refractivity contribution in [1.29, 1.82) is 0 Å². The molecule has 0 aliphatic carbocycles. The predicted octanol–water partition coefficient (Wildman–Crippen LogP) is 3.02. The molecule has 1 heterocycles. The molecule has 2 rings (SSSR count). The molecule has 5 heteroatoms. The van der Waals surface area contributed by atoms with Crippen LogP contribution in [0.5, 0.6) is 5.75 Å². The van der Waals surface area contributed by atoms with Gasteiger partial charge in [-0.15, -0.1) is 0 Å². The van der Waals surface area contributed by atoms with Crippen LogP contribution < -0.4 is 10.6 Å². The second-order valence-corrected chi connectivity index (χ2v) is 5.73. The number of rotatable bonds is 1. The van der Waals surface area contributed by atoms with Gasteiger partial charge in [-0.05, 0) is 40.2 Å². The molecule has 19 heavy (non-hydrogen) atoms. The van der Waals surface area contributed by atoms with Crippen molar-refractivity contribution in [2.24, 2.45) is 0 Å². The SMILES string of the molecule is Cc1c(NC(=O)OC(C)(C)C)cc2c(c1O)CCN2. The van der Waals surface area contributed by atoms with E-state index in [4.69, 9.17) is 4.74 Å². The summed E-state index contributed by atoms with van der Waals surface area (Å²) >= 11 is 0. The second-order valence-electron chi connectivity index (χ2n) is 5.73. The van der Waals surface area contributed by atoms with E-state index < -0.39 is 11.7 Å². The summed E-state index contributed by atoms with van der Waals surface area (Å²) < 4.78 is 5.20. The molecule has 1 aromatic carbocycles. The highest BCUT2D eigenvalue weighted by molar-refractivity contribution is 5.88. The highest BCUT2D eigenvalue weighted by atomic mass is 16.6. The minimum absolute atomic E-state index is 0.244. The summed E-state index contributed by atoms with van der Waals surface area (Å²) in [6, 6.07) is 1.83. The lowest BCUT2D eigenvalue weighted by Gasteiger charge is -2.20. The molecule has 0 fully saturated rings. The topological polar surface area (TPSA) is 70.6 Å². The van der Waals surface area contributed by atoms with E-state index in [0.29, 0.717) is 11.3 Å². The van der Waals surface area contributed by atoms with E-state index >= 15 is 0 Å². The summed E-state index contributed by atoms with van der Waals surface area (Å²) in [6.45, 7) is 8.00. The van der Waals surface area contributed by atoms with Crippen molar-refractivity contribution >= 4 is 17.5 Å². The maximum absolute atomic E-state index is 11.8. The largest absolute Gasteiger partial charge is 0.507 e. The first-order valence-electron chi connectivity index (χ1n) is 6.37. The smallest absolute Gasteiger partial charge is 0.412 e. The van der Waals surface area contributed by atoms with Crippen LogP contribution in [0, 0.1) is 6.92 Å². The molecule has 0 saturated carbocycles. The minimum atomic E-state index is -0.547. The van der Waals surface area contributed by atoms with Gasteiger partial charge >= 0.3 is 6.09 Å². The number of fused-ring (bicyclic) bond motifs is 1. The highest BCUT2D eigenvalue weighted by Gasteiger charge is 2.21. The van der Waals surface area contributed by atoms with Crippen LogP contribution in [0.1, 0.15) is 31.9 Å². The van der Waals surface area contributed by atoms with Gasteiger partial charge in [-0.25, -0.2) is 4.79 Å². The number of nitrogens with one attached hydrogen (secondary N) is 2. The molecule has 0 aromatic heterocycles. The third-order valence-corrected chi connectivity index (χ3v) is 2.98. The van der Waals surface area contributed by atoms with E-state index in [1.165, 1.54) is 0 Å². The lowest BCUT2D eigenvalue weighted by Crippen LogP contribution is -2.27. The maximum Gasteiger partial charge on any atom is 0.412 e. The first-order valence-corrected chi connectivity index (χ1v) is 6.37. The number of carbonyl (C=O) groups is 1. The number of carbonyl (C=O) groups excluding carboxylic acids is 1. The van der Waals surface area contributed by atoms with Crippen molar-refractivity contribution in [1.82, 2.24) is 0 Å². The Labute approximate surface area is 113 Å². The van der Waals surface area contributed by atoms with E-state index in [-0.39, 0.29) is 5.75 Å². The molecule has 0 unspecified atom stereocenters. The summed E-state index contributed by atoms with van der Waals surface area (Å²) in [5.74, 6) is 0.244. The Bertz CT molecular complexity index is 518. The van der Waals surface area contributed by atoms with Crippen LogP contribution >= 0.6 is 0 Å². The Morgan fingerprint density at radius 2 is 2.16 bits per heavy atom. The normalized spacial score (nSPS) is 13.7.